The average molecular weight is 356 g/mol. The van der Waals surface area contributed by atoms with E-state index in [4.69, 9.17) is 4.74 Å². The molecule has 1 heterocycles. The molecule has 0 unspecified atom stereocenters. The Bertz CT molecular complexity index is 741. The van der Waals surface area contributed by atoms with Gasteiger partial charge in [-0.25, -0.2) is 4.39 Å². The third-order valence-electron chi connectivity index (χ3n) is 4.37. The van der Waals surface area contributed by atoms with Crippen LogP contribution in [0.5, 0.6) is 0 Å². The second-order valence-electron chi connectivity index (χ2n) is 6.17. The molecule has 1 saturated heterocycles. The number of anilines is 1. The van der Waals surface area contributed by atoms with E-state index in [0.29, 0.717) is 26.2 Å². The first-order chi connectivity index (χ1) is 12.6. The highest BCUT2D eigenvalue weighted by Gasteiger charge is 2.22. The number of amides is 1. The van der Waals surface area contributed by atoms with Crippen molar-refractivity contribution >= 4 is 17.6 Å². The molecule has 0 aliphatic carbocycles. The minimum atomic E-state index is -0.408. The molecule has 136 valence electrons. The average Bonchev–Trinajstić information content (AvgIpc) is 2.68. The number of halogens is 1. The number of ether oxygens (including phenoxy) is 1. The van der Waals surface area contributed by atoms with Crippen molar-refractivity contribution in [2.24, 2.45) is 0 Å². The normalized spacial score (nSPS) is 14.2. The van der Waals surface area contributed by atoms with E-state index in [2.05, 4.69) is 4.90 Å². The van der Waals surface area contributed by atoms with Crippen LogP contribution >= 0.6 is 0 Å². The quantitative estimate of drug-likeness (QED) is 0.771. The molecule has 0 N–H and O–H groups in total. The van der Waals surface area contributed by atoms with E-state index in [0.717, 1.165) is 11.3 Å². The zero-order valence-electron chi connectivity index (χ0n) is 14.4. The van der Waals surface area contributed by atoms with Crippen LogP contribution in [0, 0.1) is 5.82 Å². The van der Waals surface area contributed by atoms with Crippen molar-refractivity contribution in [3.8, 4) is 0 Å². The van der Waals surface area contributed by atoms with Gasteiger partial charge in [0.25, 0.3) is 5.91 Å². The van der Waals surface area contributed by atoms with Crippen LogP contribution in [-0.4, -0.2) is 49.6 Å². The SMILES string of the molecule is O=C(Cc1ccccc1)OCC(=O)N1CCN(c2ccc(F)cc2)CC1. The Labute approximate surface area is 152 Å². The van der Waals surface area contributed by atoms with Crippen molar-refractivity contribution in [1.29, 1.82) is 0 Å². The maximum absolute atomic E-state index is 13.0. The molecule has 26 heavy (non-hydrogen) atoms. The molecule has 2 aromatic carbocycles. The lowest BCUT2D eigenvalue weighted by molar-refractivity contribution is -0.151. The molecular weight excluding hydrogens is 335 g/mol. The molecule has 0 saturated carbocycles. The summed E-state index contributed by atoms with van der Waals surface area (Å²) in [6.45, 7) is 2.19. The van der Waals surface area contributed by atoms with Gasteiger partial charge in [-0.3, -0.25) is 9.59 Å². The van der Waals surface area contributed by atoms with Crippen molar-refractivity contribution in [2.45, 2.75) is 6.42 Å². The Morgan fingerprint density at radius 1 is 0.923 bits per heavy atom. The van der Waals surface area contributed by atoms with Crippen molar-refractivity contribution in [1.82, 2.24) is 4.90 Å². The lowest BCUT2D eigenvalue weighted by Gasteiger charge is -2.36. The molecule has 0 spiro atoms. The lowest BCUT2D eigenvalue weighted by Crippen LogP contribution is -2.50. The summed E-state index contributed by atoms with van der Waals surface area (Å²) in [5.41, 5.74) is 1.80. The van der Waals surface area contributed by atoms with E-state index in [9.17, 15) is 14.0 Å². The van der Waals surface area contributed by atoms with Crippen molar-refractivity contribution in [3.05, 3.63) is 66.0 Å². The zero-order chi connectivity index (χ0) is 18.4. The summed E-state index contributed by atoms with van der Waals surface area (Å²) >= 11 is 0. The van der Waals surface area contributed by atoms with E-state index in [1.165, 1.54) is 12.1 Å². The van der Waals surface area contributed by atoms with Gasteiger partial charge in [-0.1, -0.05) is 30.3 Å². The van der Waals surface area contributed by atoms with Crippen molar-refractivity contribution < 1.29 is 18.7 Å². The third kappa shape index (κ3) is 4.81. The topological polar surface area (TPSA) is 49.9 Å². The minimum absolute atomic E-state index is 0.159. The van der Waals surface area contributed by atoms with Gasteiger partial charge in [0.05, 0.1) is 6.42 Å². The Hall–Kier alpha value is -2.89. The number of benzene rings is 2. The highest BCUT2D eigenvalue weighted by atomic mass is 19.1. The van der Waals surface area contributed by atoms with Crippen LogP contribution in [0.2, 0.25) is 0 Å². The van der Waals surface area contributed by atoms with E-state index in [-0.39, 0.29) is 24.8 Å². The first kappa shape index (κ1) is 17.9. The van der Waals surface area contributed by atoms with Crippen LogP contribution in [0.4, 0.5) is 10.1 Å². The number of hydrogen-bond acceptors (Lipinski definition) is 4. The van der Waals surface area contributed by atoms with Crippen LogP contribution in [-0.2, 0) is 20.7 Å². The molecular formula is C20H21FN2O3. The summed E-state index contributed by atoms with van der Waals surface area (Å²) in [6.07, 6.45) is 0.159. The molecule has 0 aromatic heterocycles. The number of hydrogen-bond donors (Lipinski definition) is 0. The number of carbonyl (C=O) groups is 2. The van der Waals surface area contributed by atoms with Gasteiger partial charge in [0.1, 0.15) is 5.82 Å². The van der Waals surface area contributed by atoms with E-state index < -0.39 is 5.97 Å². The molecule has 5 nitrogen and oxygen atoms in total. The van der Waals surface area contributed by atoms with Crippen LogP contribution in [0.25, 0.3) is 0 Å². The van der Waals surface area contributed by atoms with Crippen LogP contribution in [0.15, 0.2) is 54.6 Å². The zero-order valence-corrected chi connectivity index (χ0v) is 14.4. The number of rotatable bonds is 5. The smallest absolute Gasteiger partial charge is 0.310 e. The molecule has 0 atom stereocenters. The molecule has 1 amide bonds. The summed E-state index contributed by atoms with van der Waals surface area (Å²) in [5.74, 6) is -0.862. The Kier molecular flexibility index (Phi) is 5.84. The van der Waals surface area contributed by atoms with Crippen molar-refractivity contribution in [3.63, 3.8) is 0 Å². The predicted octanol–water partition coefficient (Wildman–Crippen LogP) is 2.26. The Morgan fingerprint density at radius 2 is 1.58 bits per heavy atom. The summed E-state index contributed by atoms with van der Waals surface area (Å²) in [4.78, 5) is 27.8. The van der Waals surface area contributed by atoms with Crippen LogP contribution in [0.1, 0.15) is 5.56 Å². The fourth-order valence-corrected chi connectivity index (χ4v) is 2.91. The van der Waals surface area contributed by atoms with E-state index in [1.54, 1.807) is 17.0 Å². The van der Waals surface area contributed by atoms with Crippen LogP contribution in [0.3, 0.4) is 0 Å². The third-order valence-corrected chi connectivity index (χ3v) is 4.37. The molecule has 1 aliphatic rings. The Morgan fingerprint density at radius 3 is 2.23 bits per heavy atom. The molecule has 0 radical (unpaired) electrons. The van der Waals surface area contributed by atoms with Gasteiger partial charge in [0.2, 0.25) is 0 Å². The Balaban J connectivity index is 1.42. The maximum atomic E-state index is 13.0. The summed E-state index contributed by atoms with van der Waals surface area (Å²) in [7, 11) is 0. The van der Waals surface area contributed by atoms with Gasteiger partial charge in [-0.15, -0.1) is 0 Å². The van der Waals surface area contributed by atoms with Crippen LogP contribution < -0.4 is 4.90 Å². The van der Waals surface area contributed by atoms with Crippen molar-refractivity contribution in [2.75, 3.05) is 37.7 Å². The molecule has 0 bridgehead atoms. The van der Waals surface area contributed by atoms with Gasteiger partial charge < -0.3 is 14.5 Å². The molecule has 1 aliphatic heterocycles. The first-order valence-corrected chi connectivity index (χ1v) is 8.59. The molecule has 6 heteroatoms. The molecule has 3 rings (SSSR count). The van der Waals surface area contributed by atoms with Gasteiger partial charge in [0.15, 0.2) is 6.61 Å². The highest BCUT2D eigenvalue weighted by molar-refractivity contribution is 5.81. The largest absolute Gasteiger partial charge is 0.455 e. The second-order valence-corrected chi connectivity index (χ2v) is 6.17. The van der Waals surface area contributed by atoms with Gasteiger partial charge in [-0.2, -0.15) is 0 Å². The first-order valence-electron chi connectivity index (χ1n) is 8.59. The lowest BCUT2D eigenvalue weighted by atomic mass is 10.2. The standard InChI is InChI=1S/C20H21FN2O3/c21-17-6-8-18(9-7-17)22-10-12-23(13-11-22)19(24)15-26-20(25)14-16-4-2-1-3-5-16/h1-9H,10-15H2. The molecule has 1 fully saturated rings. The maximum Gasteiger partial charge on any atom is 0.310 e. The fourth-order valence-electron chi connectivity index (χ4n) is 2.91. The summed E-state index contributed by atoms with van der Waals surface area (Å²) < 4.78 is 18.1. The van der Waals surface area contributed by atoms with Gasteiger partial charge in [0, 0.05) is 31.9 Å². The van der Waals surface area contributed by atoms with Gasteiger partial charge in [-0.05, 0) is 29.8 Å². The number of esters is 1. The van der Waals surface area contributed by atoms with E-state index in [1.807, 2.05) is 30.3 Å². The number of piperazine rings is 1. The summed E-state index contributed by atoms with van der Waals surface area (Å²) in [5, 5.41) is 0. The monoisotopic (exact) mass is 356 g/mol. The number of nitrogens with zero attached hydrogens (tertiary/aromatic N) is 2. The number of carbonyl (C=O) groups excluding carboxylic acids is 2. The predicted molar refractivity (Wildman–Crippen MR) is 96.3 cm³/mol. The minimum Gasteiger partial charge on any atom is -0.455 e. The second kappa shape index (κ2) is 8.47. The van der Waals surface area contributed by atoms with Gasteiger partial charge >= 0.3 is 5.97 Å². The highest BCUT2D eigenvalue weighted by Crippen LogP contribution is 2.17. The van der Waals surface area contributed by atoms with E-state index >= 15 is 0 Å². The fraction of sp³-hybridized carbons (Fsp3) is 0.300. The molecule has 2 aromatic rings. The summed E-state index contributed by atoms with van der Waals surface area (Å²) in [6, 6.07) is 15.6.